The van der Waals surface area contributed by atoms with Gasteiger partial charge in [0.15, 0.2) is 0 Å². The van der Waals surface area contributed by atoms with Crippen molar-refractivity contribution in [1.82, 2.24) is 5.32 Å². The van der Waals surface area contributed by atoms with Crippen molar-refractivity contribution >= 4 is 5.91 Å². The standard InChI is InChI=1S/C11H18N2O2/c1-7(2)10(12)11(14)13-8(3)9-5-4-6-15-9/h4-8,10H,12H2,1-3H3,(H,13,14)/t8-,10?/m1/s1. The molecule has 0 bridgehead atoms. The van der Waals surface area contributed by atoms with E-state index in [0.717, 1.165) is 5.76 Å². The van der Waals surface area contributed by atoms with E-state index in [4.69, 9.17) is 10.2 Å². The van der Waals surface area contributed by atoms with Crippen molar-refractivity contribution in [3.63, 3.8) is 0 Å². The highest BCUT2D eigenvalue weighted by molar-refractivity contribution is 5.82. The first-order valence-corrected chi connectivity index (χ1v) is 5.11. The van der Waals surface area contributed by atoms with Crippen LogP contribution in [0.3, 0.4) is 0 Å². The van der Waals surface area contributed by atoms with Crippen molar-refractivity contribution in [3.05, 3.63) is 24.2 Å². The van der Waals surface area contributed by atoms with Crippen molar-refractivity contribution in [3.8, 4) is 0 Å². The Balaban J connectivity index is 2.52. The quantitative estimate of drug-likeness (QED) is 0.790. The SMILES string of the molecule is CC(C)C(N)C(=O)N[C@H](C)c1ccco1. The summed E-state index contributed by atoms with van der Waals surface area (Å²) in [6, 6.07) is 3.01. The van der Waals surface area contributed by atoms with Gasteiger partial charge in [-0.15, -0.1) is 0 Å². The maximum atomic E-state index is 11.6. The minimum Gasteiger partial charge on any atom is -0.467 e. The van der Waals surface area contributed by atoms with Crippen LogP contribution in [-0.2, 0) is 4.79 Å². The fraction of sp³-hybridized carbons (Fsp3) is 0.545. The van der Waals surface area contributed by atoms with Crippen LogP contribution < -0.4 is 11.1 Å². The Bertz CT molecular complexity index is 306. The summed E-state index contributed by atoms with van der Waals surface area (Å²) in [5.74, 6) is 0.724. The van der Waals surface area contributed by atoms with Crippen LogP contribution in [0.5, 0.6) is 0 Å². The number of nitrogens with one attached hydrogen (secondary N) is 1. The highest BCUT2D eigenvalue weighted by atomic mass is 16.3. The van der Waals surface area contributed by atoms with E-state index in [1.165, 1.54) is 0 Å². The van der Waals surface area contributed by atoms with Gasteiger partial charge in [0.2, 0.25) is 5.91 Å². The summed E-state index contributed by atoms with van der Waals surface area (Å²) in [5.41, 5.74) is 5.72. The van der Waals surface area contributed by atoms with Crippen LogP contribution in [0.25, 0.3) is 0 Å². The average molecular weight is 210 g/mol. The summed E-state index contributed by atoms with van der Waals surface area (Å²) in [5, 5.41) is 2.81. The molecule has 0 radical (unpaired) electrons. The highest BCUT2D eigenvalue weighted by Crippen LogP contribution is 2.12. The van der Waals surface area contributed by atoms with E-state index < -0.39 is 6.04 Å². The van der Waals surface area contributed by atoms with Gasteiger partial charge in [0.1, 0.15) is 5.76 Å². The first-order chi connectivity index (χ1) is 7.02. The molecule has 4 heteroatoms. The van der Waals surface area contributed by atoms with Crippen LogP contribution in [-0.4, -0.2) is 11.9 Å². The lowest BCUT2D eigenvalue weighted by molar-refractivity contribution is -0.124. The van der Waals surface area contributed by atoms with Crippen molar-refractivity contribution in [1.29, 1.82) is 0 Å². The van der Waals surface area contributed by atoms with E-state index in [-0.39, 0.29) is 17.9 Å². The van der Waals surface area contributed by atoms with Crippen LogP contribution in [0.15, 0.2) is 22.8 Å². The molecule has 1 aromatic rings. The predicted molar refractivity (Wildman–Crippen MR) is 58.1 cm³/mol. The summed E-state index contributed by atoms with van der Waals surface area (Å²) in [7, 11) is 0. The predicted octanol–water partition coefficient (Wildman–Crippen LogP) is 1.44. The molecular weight excluding hydrogens is 192 g/mol. The van der Waals surface area contributed by atoms with Crippen LogP contribution >= 0.6 is 0 Å². The lowest BCUT2D eigenvalue weighted by atomic mass is 10.0. The van der Waals surface area contributed by atoms with Crippen molar-refractivity contribution in [2.75, 3.05) is 0 Å². The second kappa shape index (κ2) is 4.98. The second-order valence-corrected chi connectivity index (χ2v) is 4.02. The van der Waals surface area contributed by atoms with E-state index in [2.05, 4.69) is 5.32 Å². The molecule has 1 unspecified atom stereocenters. The molecule has 2 atom stereocenters. The molecule has 1 aromatic heterocycles. The van der Waals surface area contributed by atoms with E-state index >= 15 is 0 Å². The molecule has 0 spiro atoms. The molecule has 0 saturated heterocycles. The molecule has 1 rings (SSSR count). The van der Waals surface area contributed by atoms with E-state index in [1.807, 2.05) is 26.8 Å². The number of rotatable bonds is 4. The molecule has 0 saturated carbocycles. The molecule has 0 aliphatic rings. The normalized spacial score (nSPS) is 15.0. The third kappa shape index (κ3) is 3.09. The van der Waals surface area contributed by atoms with Gasteiger partial charge in [-0.25, -0.2) is 0 Å². The number of nitrogens with two attached hydrogens (primary N) is 1. The topological polar surface area (TPSA) is 68.3 Å². The molecule has 1 heterocycles. The molecule has 3 N–H and O–H groups in total. The maximum Gasteiger partial charge on any atom is 0.237 e. The first kappa shape index (κ1) is 11.8. The third-order valence-electron chi connectivity index (χ3n) is 2.35. The van der Waals surface area contributed by atoms with E-state index in [9.17, 15) is 4.79 Å². The van der Waals surface area contributed by atoms with Gasteiger partial charge in [-0.3, -0.25) is 4.79 Å². The number of carbonyl (C=O) groups excluding carboxylic acids is 1. The van der Waals surface area contributed by atoms with Gasteiger partial charge in [0.25, 0.3) is 0 Å². The Kier molecular flexibility index (Phi) is 3.91. The third-order valence-corrected chi connectivity index (χ3v) is 2.35. The molecular formula is C11H18N2O2. The molecule has 0 aliphatic heterocycles. The molecule has 0 aliphatic carbocycles. The van der Waals surface area contributed by atoms with Crippen molar-refractivity contribution in [2.24, 2.45) is 11.7 Å². The zero-order valence-corrected chi connectivity index (χ0v) is 9.36. The highest BCUT2D eigenvalue weighted by Gasteiger charge is 2.20. The number of carbonyl (C=O) groups is 1. The minimum absolute atomic E-state index is 0.133. The molecule has 0 fully saturated rings. The van der Waals surface area contributed by atoms with E-state index in [1.54, 1.807) is 12.3 Å². The first-order valence-electron chi connectivity index (χ1n) is 5.11. The number of amides is 1. The lowest BCUT2D eigenvalue weighted by Gasteiger charge is -2.18. The van der Waals surface area contributed by atoms with Crippen LogP contribution in [0, 0.1) is 5.92 Å². The van der Waals surface area contributed by atoms with E-state index in [0.29, 0.717) is 0 Å². The van der Waals surface area contributed by atoms with Gasteiger partial charge in [0.05, 0.1) is 18.3 Å². The molecule has 1 amide bonds. The average Bonchev–Trinajstić information content (AvgIpc) is 2.68. The van der Waals surface area contributed by atoms with Gasteiger partial charge >= 0.3 is 0 Å². The largest absolute Gasteiger partial charge is 0.467 e. The smallest absolute Gasteiger partial charge is 0.237 e. The van der Waals surface area contributed by atoms with Crippen molar-refractivity contribution in [2.45, 2.75) is 32.9 Å². The zero-order valence-electron chi connectivity index (χ0n) is 9.36. The number of furan rings is 1. The number of hydrogen-bond acceptors (Lipinski definition) is 3. The Morgan fingerprint density at radius 1 is 1.47 bits per heavy atom. The fourth-order valence-corrected chi connectivity index (χ4v) is 1.22. The molecule has 0 aromatic carbocycles. The lowest BCUT2D eigenvalue weighted by Crippen LogP contribution is -2.44. The van der Waals surface area contributed by atoms with Crippen molar-refractivity contribution < 1.29 is 9.21 Å². The Hall–Kier alpha value is -1.29. The second-order valence-electron chi connectivity index (χ2n) is 4.02. The van der Waals surface area contributed by atoms with Crippen LogP contribution in [0.2, 0.25) is 0 Å². The Morgan fingerprint density at radius 2 is 2.13 bits per heavy atom. The summed E-state index contributed by atoms with van der Waals surface area (Å²) < 4.78 is 5.18. The number of hydrogen-bond donors (Lipinski definition) is 2. The molecule has 84 valence electrons. The summed E-state index contributed by atoms with van der Waals surface area (Å²) in [6.45, 7) is 5.70. The summed E-state index contributed by atoms with van der Waals surface area (Å²) in [6.07, 6.45) is 1.58. The van der Waals surface area contributed by atoms with Crippen LogP contribution in [0.4, 0.5) is 0 Å². The fourth-order valence-electron chi connectivity index (χ4n) is 1.22. The Morgan fingerprint density at radius 3 is 2.60 bits per heavy atom. The minimum atomic E-state index is -0.470. The van der Waals surface area contributed by atoms with Gasteiger partial charge in [-0.2, -0.15) is 0 Å². The maximum absolute atomic E-state index is 11.6. The van der Waals surface area contributed by atoms with Gasteiger partial charge < -0.3 is 15.5 Å². The van der Waals surface area contributed by atoms with Crippen LogP contribution in [0.1, 0.15) is 32.6 Å². The molecule has 15 heavy (non-hydrogen) atoms. The summed E-state index contributed by atoms with van der Waals surface area (Å²) >= 11 is 0. The monoisotopic (exact) mass is 210 g/mol. The van der Waals surface area contributed by atoms with Gasteiger partial charge in [-0.1, -0.05) is 13.8 Å². The molecule has 4 nitrogen and oxygen atoms in total. The van der Waals surface area contributed by atoms with Gasteiger partial charge in [0, 0.05) is 0 Å². The zero-order chi connectivity index (χ0) is 11.4. The Labute approximate surface area is 89.8 Å². The van der Waals surface area contributed by atoms with Gasteiger partial charge in [-0.05, 0) is 25.0 Å². The summed E-state index contributed by atoms with van der Waals surface area (Å²) in [4.78, 5) is 11.6.